The minimum absolute atomic E-state index is 0.0152. The molecular formula is C17H15N5O2S. The second-order valence-electron chi connectivity index (χ2n) is 5.66. The molecule has 4 rings (SSSR count). The highest BCUT2D eigenvalue weighted by Crippen LogP contribution is 2.31. The van der Waals surface area contributed by atoms with Gasteiger partial charge in [0.2, 0.25) is 11.8 Å². The van der Waals surface area contributed by atoms with E-state index in [4.69, 9.17) is 0 Å². The van der Waals surface area contributed by atoms with E-state index in [1.54, 1.807) is 6.07 Å². The van der Waals surface area contributed by atoms with Crippen molar-refractivity contribution in [2.75, 3.05) is 16.8 Å². The first-order valence-electron chi connectivity index (χ1n) is 7.80. The smallest absolute Gasteiger partial charge is 0.244 e. The molecule has 0 unspecified atom stereocenters. The summed E-state index contributed by atoms with van der Waals surface area (Å²) in [6, 6.07) is 12.9. The average Bonchev–Trinajstić information content (AvgIpc) is 3.03. The summed E-state index contributed by atoms with van der Waals surface area (Å²) in [4.78, 5) is 26.4. The van der Waals surface area contributed by atoms with Crippen LogP contribution in [0.2, 0.25) is 0 Å². The summed E-state index contributed by atoms with van der Waals surface area (Å²) >= 11 is 1.32. The van der Waals surface area contributed by atoms with Crippen LogP contribution in [0.1, 0.15) is 6.92 Å². The molecule has 2 amide bonds. The molecule has 0 bridgehead atoms. The number of rotatable bonds is 3. The first-order chi connectivity index (χ1) is 12.1. The van der Waals surface area contributed by atoms with Crippen LogP contribution < -0.4 is 10.2 Å². The van der Waals surface area contributed by atoms with Gasteiger partial charge in [0, 0.05) is 6.20 Å². The van der Waals surface area contributed by atoms with Gasteiger partial charge in [-0.2, -0.15) is 0 Å². The fourth-order valence-electron chi connectivity index (χ4n) is 2.76. The molecule has 3 aromatic rings. The fraction of sp³-hybridized carbons (Fsp3) is 0.176. The van der Waals surface area contributed by atoms with Crippen molar-refractivity contribution in [3.63, 3.8) is 0 Å². The van der Waals surface area contributed by atoms with Gasteiger partial charge < -0.3 is 5.32 Å². The number of pyridine rings is 1. The van der Waals surface area contributed by atoms with E-state index in [-0.39, 0.29) is 18.4 Å². The highest BCUT2D eigenvalue weighted by molar-refractivity contribution is 8.00. The van der Waals surface area contributed by atoms with Crippen molar-refractivity contribution >= 4 is 40.6 Å². The van der Waals surface area contributed by atoms with Gasteiger partial charge in [0.15, 0.2) is 10.8 Å². The number of fused-ring (bicyclic) bond motifs is 2. The molecule has 0 radical (unpaired) electrons. The number of para-hydroxylation sites is 2. The largest absolute Gasteiger partial charge is 0.323 e. The molecule has 25 heavy (non-hydrogen) atoms. The van der Waals surface area contributed by atoms with Crippen molar-refractivity contribution in [1.29, 1.82) is 0 Å². The third-order valence-electron chi connectivity index (χ3n) is 3.95. The maximum atomic E-state index is 12.9. The van der Waals surface area contributed by atoms with E-state index in [0.717, 1.165) is 5.65 Å². The Labute approximate surface area is 148 Å². The minimum Gasteiger partial charge on any atom is -0.323 e. The molecule has 1 atom stereocenters. The number of nitrogens with zero attached hydrogens (tertiary/aromatic N) is 4. The Morgan fingerprint density at radius 2 is 2.00 bits per heavy atom. The molecule has 3 heterocycles. The second kappa shape index (κ2) is 6.21. The molecule has 7 nitrogen and oxygen atoms in total. The van der Waals surface area contributed by atoms with E-state index in [2.05, 4.69) is 15.5 Å². The Hall–Kier alpha value is -2.87. The lowest BCUT2D eigenvalue weighted by Gasteiger charge is -2.30. The first kappa shape index (κ1) is 15.6. The quantitative estimate of drug-likeness (QED) is 0.730. The van der Waals surface area contributed by atoms with Gasteiger partial charge in [0.25, 0.3) is 0 Å². The van der Waals surface area contributed by atoms with Gasteiger partial charge in [-0.1, -0.05) is 30.0 Å². The molecule has 8 heteroatoms. The van der Waals surface area contributed by atoms with E-state index >= 15 is 0 Å². The van der Waals surface area contributed by atoms with E-state index < -0.39 is 5.25 Å². The molecule has 1 N–H and O–H groups in total. The molecule has 0 aliphatic carbocycles. The zero-order valence-corrected chi connectivity index (χ0v) is 14.2. The number of benzene rings is 1. The van der Waals surface area contributed by atoms with E-state index in [1.165, 1.54) is 16.7 Å². The van der Waals surface area contributed by atoms with Crippen molar-refractivity contribution in [3.8, 4) is 0 Å². The van der Waals surface area contributed by atoms with Crippen molar-refractivity contribution in [3.05, 3.63) is 48.7 Å². The van der Waals surface area contributed by atoms with Gasteiger partial charge in [-0.05, 0) is 31.2 Å². The van der Waals surface area contributed by atoms with Crippen LogP contribution in [0.3, 0.4) is 0 Å². The summed E-state index contributed by atoms with van der Waals surface area (Å²) in [5.74, 6) is -0.336. The molecule has 0 spiro atoms. The fourth-order valence-corrected chi connectivity index (χ4v) is 3.66. The van der Waals surface area contributed by atoms with E-state index in [9.17, 15) is 9.59 Å². The van der Waals surface area contributed by atoms with Gasteiger partial charge in [-0.25, -0.2) is 0 Å². The van der Waals surface area contributed by atoms with Crippen LogP contribution in [0, 0.1) is 0 Å². The topological polar surface area (TPSA) is 79.6 Å². The summed E-state index contributed by atoms with van der Waals surface area (Å²) in [5, 5.41) is 11.3. The second-order valence-corrected chi connectivity index (χ2v) is 6.97. The Bertz CT molecular complexity index is 970. The Kier molecular flexibility index (Phi) is 3.89. The van der Waals surface area contributed by atoms with Gasteiger partial charge in [0.1, 0.15) is 6.54 Å². The van der Waals surface area contributed by atoms with Crippen molar-refractivity contribution in [1.82, 2.24) is 14.6 Å². The maximum Gasteiger partial charge on any atom is 0.244 e. The lowest BCUT2D eigenvalue weighted by molar-refractivity contribution is -0.121. The van der Waals surface area contributed by atoms with Crippen molar-refractivity contribution in [2.24, 2.45) is 0 Å². The number of carbonyl (C=O) groups excluding carboxylic acids is 2. The molecular weight excluding hydrogens is 338 g/mol. The molecule has 0 fully saturated rings. The van der Waals surface area contributed by atoms with Crippen LogP contribution in [0.4, 0.5) is 11.4 Å². The minimum atomic E-state index is -0.411. The standard InChI is InChI=1S/C17H15N5O2S/c1-11(25-17-20-19-14-8-4-5-9-21(14)17)16(24)22-10-15(23)18-12-6-2-3-7-13(12)22/h2-9,11H,10H2,1H3,(H,18,23)/t11-/m1/s1. The SMILES string of the molecule is C[C@@H](Sc1nnc2ccccn12)C(=O)N1CC(=O)Nc2ccccc21. The zero-order chi connectivity index (χ0) is 17.4. The van der Waals surface area contributed by atoms with Gasteiger partial charge in [0.05, 0.1) is 16.6 Å². The highest BCUT2D eigenvalue weighted by Gasteiger charge is 2.30. The number of amides is 2. The molecule has 1 aromatic carbocycles. The Morgan fingerprint density at radius 3 is 2.88 bits per heavy atom. The summed E-state index contributed by atoms with van der Waals surface area (Å²) < 4.78 is 1.84. The lowest BCUT2D eigenvalue weighted by atomic mass is 10.2. The zero-order valence-electron chi connectivity index (χ0n) is 13.4. The summed E-state index contributed by atoms with van der Waals surface area (Å²) in [5.41, 5.74) is 2.09. The summed E-state index contributed by atoms with van der Waals surface area (Å²) in [7, 11) is 0. The Balaban J connectivity index is 1.59. The molecule has 2 aromatic heterocycles. The molecule has 0 saturated heterocycles. The number of carbonyl (C=O) groups is 2. The molecule has 0 saturated carbocycles. The van der Waals surface area contributed by atoms with Crippen LogP contribution in [0.15, 0.2) is 53.8 Å². The Morgan fingerprint density at radius 1 is 1.20 bits per heavy atom. The van der Waals surface area contributed by atoms with E-state index in [0.29, 0.717) is 16.5 Å². The predicted octanol–water partition coefficient (Wildman–Crippen LogP) is 2.20. The van der Waals surface area contributed by atoms with Gasteiger partial charge in [-0.3, -0.25) is 18.9 Å². The average molecular weight is 353 g/mol. The highest BCUT2D eigenvalue weighted by atomic mass is 32.2. The van der Waals surface area contributed by atoms with Crippen molar-refractivity contribution < 1.29 is 9.59 Å². The number of anilines is 2. The predicted molar refractivity (Wildman–Crippen MR) is 95.7 cm³/mol. The number of nitrogens with one attached hydrogen (secondary N) is 1. The van der Waals surface area contributed by atoms with E-state index in [1.807, 2.05) is 53.9 Å². The normalized spacial score (nSPS) is 14.9. The summed E-state index contributed by atoms with van der Waals surface area (Å²) in [6.45, 7) is 1.83. The molecule has 1 aliphatic heterocycles. The monoisotopic (exact) mass is 353 g/mol. The number of hydrogen-bond donors (Lipinski definition) is 1. The number of aromatic nitrogens is 3. The van der Waals surface area contributed by atoms with Gasteiger partial charge >= 0.3 is 0 Å². The van der Waals surface area contributed by atoms with Crippen LogP contribution in [0.25, 0.3) is 5.65 Å². The van der Waals surface area contributed by atoms with Crippen LogP contribution in [0.5, 0.6) is 0 Å². The van der Waals surface area contributed by atoms with Crippen LogP contribution in [-0.2, 0) is 9.59 Å². The number of thioether (sulfide) groups is 1. The third kappa shape index (κ3) is 2.85. The van der Waals surface area contributed by atoms with Gasteiger partial charge in [-0.15, -0.1) is 10.2 Å². The van der Waals surface area contributed by atoms with Crippen LogP contribution >= 0.6 is 11.8 Å². The first-order valence-corrected chi connectivity index (χ1v) is 8.68. The third-order valence-corrected chi connectivity index (χ3v) is 4.99. The molecule has 1 aliphatic rings. The van der Waals surface area contributed by atoms with Crippen LogP contribution in [-0.4, -0.2) is 38.2 Å². The van der Waals surface area contributed by atoms with Crippen molar-refractivity contribution in [2.45, 2.75) is 17.3 Å². The summed E-state index contributed by atoms with van der Waals surface area (Å²) in [6.07, 6.45) is 1.86. The molecule has 126 valence electrons. The lowest BCUT2D eigenvalue weighted by Crippen LogP contribution is -2.45. The maximum absolute atomic E-state index is 12.9. The number of hydrogen-bond acceptors (Lipinski definition) is 5.